The molecule has 1 aromatic heterocycles. The van der Waals surface area contributed by atoms with Gasteiger partial charge in [-0.3, -0.25) is 14.6 Å². The third kappa shape index (κ3) is 3.65. The summed E-state index contributed by atoms with van der Waals surface area (Å²) in [4.78, 5) is 33.5. The maximum atomic E-state index is 13.1. The van der Waals surface area contributed by atoms with E-state index in [1.807, 2.05) is 35.2 Å². The van der Waals surface area contributed by atoms with Crippen LogP contribution in [0.4, 0.5) is 0 Å². The first-order valence-electron chi connectivity index (χ1n) is 10.3. The maximum absolute atomic E-state index is 13.1. The normalized spacial score (nSPS) is 23.8. The van der Waals surface area contributed by atoms with Gasteiger partial charge in [-0.15, -0.1) is 0 Å². The highest BCUT2D eigenvalue weighted by molar-refractivity contribution is 5.92. The fraction of sp³-hybridized carbons (Fsp3) is 0.435. The van der Waals surface area contributed by atoms with E-state index < -0.39 is 0 Å². The quantitative estimate of drug-likeness (QED) is 0.817. The highest BCUT2D eigenvalue weighted by atomic mass is 16.3. The summed E-state index contributed by atoms with van der Waals surface area (Å²) in [6, 6.07) is 14.8. The number of pyridine rings is 1. The van der Waals surface area contributed by atoms with Crippen LogP contribution >= 0.6 is 0 Å². The van der Waals surface area contributed by atoms with E-state index in [2.05, 4.69) is 4.98 Å². The number of amides is 2. The van der Waals surface area contributed by atoms with E-state index in [-0.39, 0.29) is 42.3 Å². The number of likely N-dealkylation sites (tertiary alicyclic amines) is 1. The smallest absolute Gasteiger partial charge is 0.272 e. The largest absolute Gasteiger partial charge is 0.394 e. The molecule has 6 nitrogen and oxygen atoms in total. The summed E-state index contributed by atoms with van der Waals surface area (Å²) in [5.74, 6) is 0.0105. The van der Waals surface area contributed by atoms with E-state index in [4.69, 9.17) is 0 Å². The highest BCUT2D eigenvalue weighted by Gasteiger charge is 2.53. The van der Waals surface area contributed by atoms with Gasteiger partial charge in [0.2, 0.25) is 5.91 Å². The SMILES string of the molecule is CN(C[C@H]1[C@@H](c2ccccc2)[C@H](CO)N1C(=O)C1CCC1)C(=O)c1ccccn1. The summed E-state index contributed by atoms with van der Waals surface area (Å²) in [5, 5.41) is 10.1. The average Bonchev–Trinajstić information content (AvgIpc) is 2.70. The molecule has 1 saturated heterocycles. The van der Waals surface area contributed by atoms with Crippen LogP contribution in [0.3, 0.4) is 0 Å². The van der Waals surface area contributed by atoms with Gasteiger partial charge in [0.1, 0.15) is 5.69 Å². The molecule has 0 spiro atoms. The molecule has 1 aliphatic heterocycles. The van der Waals surface area contributed by atoms with Crippen molar-refractivity contribution in [2.24, 2.45) is 5.92 Å². The van der Waals surface area contributed by atoms with Gasteiger partial charge in [-0.05, 0) is 30.5 Å². The summed E-state index contributed by atoms with van der Waals surface area (Å²) >= 11 is 0. The zero-order chi connectivity index (χ0) is 20.4. The van der Waals surface area contributed by atoms with Gasteiger partial charge in [0.05, 0.1) is 18.7 Å². The molecule has 0 radical (unpaired) electrons. The van der Waals surface area contributed by atoms with Gasteiger partial charge in [0.25, 0.3) is 5.91 Å². The Bertz CT molecular complexity index is 854. The van der Waals surface area contributed by atoms with E-state index >= 15 is 0 Å². The lowest BCUT2D eigenvalue weighted by molar-refractivity contribution is -0.158. The van der Waals surface area contributed by atoms with E-state index in [9.17, 15) is 14.7 Å². The number of aliphatic hydroxyl groups is 1. The molecule has 2 fully saturated rings. The minimum atomic E-state index is -0.242. The Hall–Kier alpha value is -2.73. The van der Waals surface area contributed by atoms with Crippen molar-refractivity contribution >= 4 is 11.8 Å². The molecule has 6 heteroatoms. The number of rotatable bonds is 6. The van der Waals surface area contributed by atoms with Gasteiger partial charge in [0.15, 0.2) is 0 Å². The minimum Gasteiger partial charge on any atom is -0.394 e. The molecule has 29 heavy (non-hydrogen) atoms. The first-order valence-corrected chi connectivity index (χ1v) is 10.3. The standard InChI is InChI=1S/C23H27N3O3/c1-25(23(29)18-12-5-6-13-24-18)14-19-21(16-8-3-2-4-9-16)20(15-27)26(19)22(28)17-10-7-11-17/h2-6,8-9,12-13,17,19-21,27H,7,10-11,14-15H2,1H3/t19-,20-,21+/m0/s1. The molecule has 0 unspecified atom stereocenters. The second-order valence-corrected chi connectivity index (χ2v) is 8.03. The average molecular weight is 393 g/mol. The number of likely N-dealkylation sites (N-methyl/N-ethyl adjacent to an activating group) is 1. The Morgan fingerprint density at radius 2 is 1.83 bits per heavy atom. The number of nitrogens with zero attached hydrogens (tertiary/aromatic N) is 3. The van der Waals surface area contributed by atoms with Crippen molar-refractivity contribution in [1.82, 2.24) is 14.8 Å². The Morgan fingerprint density at radius 1 is 1.10 bits per heavy atom. The molecule has 1 N–H and O–H groups in total. The highest BCUT2D eigenvalue weighted by Crippen LogP contribution is 2.43. The zero-order valence-corrected chi connectivity index (χ0v) is 16.6. The van der Waals surface area contributed by atoms with Gasteiger partial charge in [0, 0.05) is 31.6 Å². The van der Waals surface area contributed by atoms with Crippen LogP contribution in [0.15, 0.2) is 54.7 Å². The van der Waals surface area contributed by atoms with Crippen LogP contribution in [0.25, 0.3) is 0 Å². The lowest BCUT2D eigenvalue weighted by atomic mass is 9.72. The van der Waals surface area contributed by atoms with Crippen molar-refractivity contribution in [3.05, 3.63) is 66.0 Å². The molecular weight excluding hydrogens is 366 g/mol. The van der Waals surface area contributed by atoms with Crippen LogP contribution in [0.5, 0.6) is 0 Å². The predicted octanol–water partition coefficient (Wildman–Crippen LogP) is 2.31. The van der Waals surface area contributed by atoms with Crippen LogP contribution in [0.1, 0.15) is 41.2 Å². The third-order valence-electron chi connectivity index (χ3n) is 6.32. The predicted molar refractivity (Wildman–Crippen MR) is 109 cm³/mol. The fourth-order valence-corrected chi connectivity index (χ4v) is 4.51. The van der Waals surface area contributed by atoms with E-state index in [1.165, 1.54) is 0 Å². The van der Waals surface area contributed by atoms with Crippen molar-refractivity contribution in [3.63, 3.8) is 0 Å². The van der Waals surface area contributed by atoms with Gasteiger partial charge < -0.3 is 14.9 Å². The minimum absolute atomic E-state index is 0.00390. The van der Waals surface area contributed by atoms with E-state index in [0.29, 0.717) is 12.2 Å². The van der Waals surface area contributed by atoms with Crippen LogP contribution in [-0.4, -0.2) is 64.0 Å². The summed E-state index contributed by atoms with van der Waals surface area (Å²) < 4.78 is 0. The number of carbonyl (C=O) groups excluding carboxylic acids is 2. The number of hydrogen-bond acceptors (Lipinski definition) is 4. The molecule has 2 amide bonds. The van der Waals surface area contributed by atoms with Crippen LogP contribution in [-0.2, 0) is 4.79 Å². The lowest BCUT2D eigenvalue weighted by Crippen LogP contribution is -2.69. The van der Waals surface area contributed by atoms with Crippen molar-refractivity contribution < 1.29 is 14.7 Å². The Kier molecular flexibility index (Phi) is 5.62. The van der Waals surface area contributed by atoms with Gasteiger partial charge in [-0.2, -0.15) is 0 Å². The topological polar surface area (TPSA) is 73.7 Å². The summed E-state index contributed by atoms with van der Waals surface area (Å²) in [5.41, 5.74) is 1.48. The Morgan fingerprint density at radius 3 is 2.41 bits per heavy atom. The molecule has 2 heterocycles. The molecule has 4 rings (SSSR count). The lowest BCUT2D eigenvalue weighted by Gasteiger charge is -2.57. The number of hydrogen-bond donors (Lipinski definition) is 1. The number of aliphatic hydroxyl groups excluding tert-OH is 1. The summed E-state index contributed by atoms with van der Waals surface area (Å²) in [6.45, 7) is 0.330. The van der Waals surface area contributed by atoms with E-state index in [0.717, 1.165) is 24.8 Å². The number of aromatic nitrogens is 1. The van der Waals surface area contributed by atoms with Crippen molar-refractivity contribution in [2.75, 3.05) is 20.2 Å². The van der Waals surface area contributed by atoms with Crippen LogP contribution in [0.2, 0.25) is 0 Å². The molecule has 152 valence electrons. The molecular formula is C23H27N3O3. The summed E-state index contributed by atoms with van der Waals surface area (Å²) in [6.07, 6.45) is 4.52. The fourth-order valence-electron chi connectivity index (χ4n) is 4.51. The number of benzene rings is 1. The number of carbonyl (C=O) groups is 2. The zero-order valence-electron chi connectivity index (χ0n) is 16.6. The second-order valence-electron chi connectivity index (χ2n) is 8.03. The van der Waals surface area contributed by atoms with Crippen LogP contribution < -0.4 is 0 Å². The Labute approximate surface area is 171 Å². The van der Waals surface area contributed by atoms with Crippen LogP contribution in [0, 0.1) is 5.92 Å². The molecule has 1 aliphatic carbocycles. The van der Waals surface area contributed by atoms with Gasteiger partial charge in [-0.25, -0.2) is 0 Å². The summed E-state index contributed by atoms with van der Waals surface area (Å²) in [7, 11) is 1.75. The third-order valence-corrected chi connectivity index (χ3v) is 6.32. The van der Waals surface area contributed by atoms with E-state index in [1.54, 1.807) is 36.3 Å². The van der Waals surface area contributed by atoms with Crippen molar-refractivity contribution in [2.45, 2.75) is 37.3 Å². The molecule has 1 saturated carbocycles. The first kappa shape index (κ1) is 19.6. The maximum Gasteiger partial charge on any atom is 0.272 e. The van der Waals surface area contributed by atoms with Gasteiger partial charge in [-0.1, -0.05) is 42.8 Å². The molecule has 3 atom stereocenters. The molecule has 0 bridgehead atoms. The molecule has 2 aromatic rings. The van der Waals surface area contributed by atoms with Crippen molar-refractivity contribution in [1.29, 1.82) is 0 Å². The first-order chi connectivity index (χ1) is 14.1. The second kappa shape index (κ2) is 8.33. The molecule has 1 aromatic carbocycles. The monoisotopic (exact) mass is 393 g/mol. The molecule has 2 aliphatic rings. The van der Waals surface area contributed by atoms with Crippen molar-refractivity contribution in [3.8, 4) is 0 Å². The Balaban J connectivity index is 1.58. The van der Waals surface area contributed by atoms with Gasteiger partial charge >= 0.3 is 0 Å².